The fraction of sp³-hybridized carbons (Fsp3) is 0. The highest BCUT2D eigenvalue weighted by atomic mass is 16.0. The molecule has 1 heterocycles. The molecular formula is C5H8N2O. The SMILES string of the molecule is Nc1ccncc1.O. The van der Waals surface area contributed by atoms with Gasteiger partial charge >= 0.3 is 0 Å². The zero-order valence-electron chi connectivity index (χ0n) is 4.33. The molecule has 44 valence electrons. The molecule has 0 aliphatic heterocycles. The second-order valence-corrected chi connectivity index (χ2v) is 1.28. The van der Waals surface area contributed by atoms with Gasteiger partial charge in [-0.2, -0.15) is 0 Å². The largest absolute Gasteiger partial charge is 0.412 e. The average molecular weight is 112 g/mol. The van der Waals surface area contributed by atoms with Crippen LogP contribution in [-0.4, -0.2) is 10.5 Å². The molecule has 0 atom stereocenters. The third kappa shape index (κ3) is 1.57. The van der Waals surface area contributed by atoms with Crippen LogP contribution in [0.5, 0.6) is 0 Å². The molecule has 4 N–H and O–H groups in total. The molecule has 1 aromatic rings. The highest BCUT2D eigenvalue weighted by Gasteiger charge is 1.73. The van der Waals surface area contributed by atoms with Gasteiger partial charge in [0.25, 0.3) is 0 Å². The Bertz CT molecular complexity index is 140. The van der Waals surface area contributed by atoms with Crippen LogP contribution in [0.1, 0.15) is 0 Å². The van der Waals surface area contributed by atoms with Gasteiger partial charge in [0.15, 0.2) is 0 Å². The third-order valence-electron chi connectivity index (χ3n) is 0.706. The van der Waals surface area contributed by atoms with Gasteiger partial charge in [-0.1, -0.05) is 0 Å². The molecular weight excluding hydrogens is 104 g/mol. The molecule has 0 fully saturated rings. The van der Waals surface area contributed by atoms with Crippen LogP contribution in [0, 0.1) is 0 Å². The minimum Gasteiger partial charge on any atom is -0.412 e. The lowest BCUT2D eigenvalue weighted by Crippen LogP contribution is -1.81. The van der Waals surface area contributed by atoms with E-state index in [1.807, 2.05) is 0 Å². The summed E-state index contributed by atoms with van der Waals surface area (Å²) in [7, 11) is 0. The standard InChI is InChI=1S/C5H6N2.H2O/c6-5-1-3-7-4-2-5;/h1-4H,(H2,6,7);1H2. The molecule has 0 aliphatic carbocycles. The van der Waals surface area contributed by atoms with Crippen molar-refractivity contribution in [2.75, 3.05) is 5.73 Å². The van der Waals surface area contributed by atoms with Crippen molar-refractivity contribution in [2.45, 2.75) is 0 Å². The van der Waals surface area contributed by atoms with Crippen LogP contribution >= 0.6 is 0 Å². The summed E-state index contributed by atoms with van der Waals surface area (Å²) >= 11 is 0. The van der Waals surface area contributed by atoms with Gasteiger partial charge in [-0.05, 0) is 12.1 Å². The lowest BCUT2D eigenvalue weighted by atomic mass is 10.4. The smallest absolute Gasteiger partial charge is 0.0344 e. The Morgan fingerprint density at radius 1 is 1.25 bits per heavy atom. The van der Waals surface area contributed by atoms with Crippen molar-refractivity contribution in [3.05, 3.63) is 24.5 Å². The van der Waals surface area contributed by atoms with Crippen molar-refractivity contribution in [2.24, 2.45) is 0 Å². The van der Waals surface area contributed by atoms with Crippen LogP contribution in [0.4, 0.5) is 5.69 Å². The lowest BCUT2D eigenvalue weighted by molar-refractivity contribution is 0.824. The number of hydrogen-bond acceptors (Lipinski definition) is 2. The average Bonchev–Trinajstić information content (AvgIpc) is 1.69. The van der Waals surface area contributed by atoms with Gasteiger partial charge in [0.2, 0.25) is 0 Å². The minimum absolute atomic E-state index is 0. The second kappa shape index (κ2) is 2.98. The first kappa shape index (κ1) is 6.91. The van der Waals surface area contributed by atoms with E-state index in [4.69, 9.17) is 5.73 Å². The van der Waals surface area contributed by atoms with E-state index < -0.39 is 0 Å². The summed E-state index contributed by atoms with van der Waals surface area (Å²) in [6.45, 7) is 0. The van der Waals surface area contributed by atoms with Gasteiger partial charge in [-0.3, -0.25) is 4.98 Å². The third-order valence-corrected chi connectivity index (χ3v) is 0.706. The van der Waals surface area contributed by atoms with Crippen molar-refractivity contribution >= 4 is 5.69 Å². The highest BCUT2D eigenvalue weighted by Crippen LogP contribution is 1.92. The molecule has 0 saturated heterocycles. The first-order valence-electron chi connectivity index (χ1n) is 2.05. The maximum absolute atomic E-state index is 5.32. The van der Waals surface area contributed by atoms with Crippen LogP contribution in [0.15, 0.2) is 24.5 Å². The quantitative estimate of drug-likeness (QED) is 0.506. The molecule has 1 aromatic heterocycles. The predicted molar refractivity (Wildman–Crippen MR) is 32.3 cm³/mol. The normalized spacial score (nSPS) is 7.50. The van der Waals surface area contributed by atoms with Crippen molar-refractivity contribution in [3.8, 4) is 0 Å². The van der Waals surface area contributed by atoms with E-state index >= 15 is 0 Å². The first-order chi connectivity index (χ1) is 3.39. The van der Waals surface area contributed by atoms with E-state index in [1.54, 1.807) is 24.5 Å². The fourth-order valence-corrected chi connectivity index (χ4v) is 0.363. The van der Waals surface area contributed by atoms with Crippen molar-refractivity contribution in [3.63, 3.8) is 0 Å². The van der Waals surface area contributed by atoms with Gasteiger partial charge in [-0.15, -0.1) is 0 Å². The van der Waals surface area contributed by atoms with Crippen LogP contribution < -0.4 is 5.73 Å². The zero-order chi connectivity index (χ0) is 5.11. The summed E-state index contributed by atoms with van der Waals surface area (Å²) in [5.41, 5.74) is 6.08. The van der Waals surface area contributed by atoms with E-state index in [0.29, 0.717) is 0 Å². The Morgan fingerprint density at radius 2 is 1.75 bits per heavy atom. The monoisotopic (exact) mass is 112 g/mol. The number of hydrogen-bond donors (Lipinski definition) is 1. The molecule has 1 rings (SSSR count). The summed E-state index contributed by atoms with van der Waals surface area (Å²) in [5.74, 6) is 0. The van der Waals surface area contributed by atoms with Gasteiger partial charge < -0.3 is 11.2 Å². The Labute approximate surface area is 47.5 Å². The van der Waals surface area contributed by atoms with Crippen molar-refractivity contribution < 1.29 is 5.48 Å². The number of nitrogens with zero attached hydrogens (tertiary/aromatic N) is 1. The summed E-state index contributed by atoms with van der Waals surface area (Å²) in [6.07, 6.45) is 3.32. The van der Waals surface area contributed by atoms with E-state index in [-0.39, 0.29) is 5.48 Å². The van der Waals surface area contributed by atoms with Crippen molar-refractivity contribution in [1.82, 2.24) is 4.98 Å². The fourth-order valence-electron chi connectivity index (χ4n) is 0.363. The van der Waals surface area contributed by atoms with Crippen LogP contribution in [0.2, 0.25) is 0 Å². The molecule has 0 aliphatic rings. The van der Waals surface area contributed by atoms with Crippen molar-refractivity contribution in [1.29, 1.82) is 0 Å². The zero-order valence-corrected chi connectivity index (χ0v) is 4.33. The Morgan fingerprint density at radius 3 is 2.00 bits per heavy atom. The summed E-state index contributed by atoms with van der Waals surface area (Å²) in [5, 5.41) is 0. The molecule has 0 amide bonds. The summed E-state index contributed by atoms with van der Waals surface area (Å²) < 4.78 is 0. The maximum Gasteiger partial charge on any atom is 0.0344 e. The van der Waals surface area contributed by atoms with Gasteiger partial charge in [0.05, 0.1) is 0 Å². The van der Waals surface area contributed by atoms with Crippen LogP contribution in [0.25, 0.3) is 0 Å². The van der Waals surface area contributed by atoms with E-state index in [1.165, 1.54) is 0 Å². The summed E-state index contributed by atoms with van der Waals surface area (Å²) in [6, 6.07) is 3.50. The topological polar surface area (TPSA) is 70.4 Å². The van der Waals surface area contributed by atoms with E-state index in [2.05, 4.69) is 4.98 Å². The molecule has 0 saturated carbocycles. The van der Waals surface area contributed by atoms with Gasteiger partial charge in [0.1, 0.15) is 0 Å². The minimum atomic E-state index is 0. The molecule has 3 heteroatoms. The molecule has 3 nitrogen and oxygen atoms in total. The molecule has 0 aromatic carbocycles. The Kier molecular flexibility index (Phi) is 2.58. The number of anilines is 1. The maximum atomic E-state index is 5.32. The number of nitrogen functional groups attached to an aromatic ring is 1. The molecule has 0 unspecified atom stereocenters. The molecule has 0 radical (unpaired) electrons. The second-order valence-electron chi connectivity index (χ2n) is 1.28. The van der Waals surface area contributed by atoms with Crippen LogP contribution in [-0.2, 0) is 0 Å². The van der Waals surface area contributed by atoms with Crippen LogP contribution in [0.3, 0.4) is 0 Å². The highest BCUT2D eigenvalue weighted by molar-refractivity contribution is 5.33. The molecule has 0 bridgehead atoms. The number of pyridine rings is 1. The first-order valence-corrected chi connectivity index (χ1v) is 2.05. The van der Waals surface area contributed by atoms with E-state index in [9.17, 15) is 0 Å². The predicted octanol–water partition coefficient (Wildman–Crippen LogP) is -0.161. The van der Waals surface area contributed by atoms with Gasteiger partial charge in [0, 0.05) is 18.1 Å². The molecule has 8 heavy (non-hydrogen) atoms. The number of nitrogens with two attached hydrogens (primary N) is 1. The molecule has 0 spiro atoms. The number of aromatic nitrogens is 1. The van der Waals surface area contributed by atoms with E-state index in [0.717, 1.165) is 5.69 Å². The Hall–Kier alpha value is -1.09. The lowest BCUT2D eigenvalue weighted by Gasteiger charge is -1.83. The van der Waals surface area contributed by atoms with Gasteiger partial charge in [-0.25, -0.2) is 0 Å². The Balaban J connectivity index is 0.000000490. The number of rotatable bonds is 0. The summed E-state index contributed by atoms with van der Waals surface area (Å²) in [4.78, 5) is 3.77.